The Balaban J connectivity index is 2.48. The average molecular weight is 310 g/mol. The summed E-state index contributed by atoms with van der Waals surface area (Å²) in [5.41, 5.74) is 0. The molecule has 0 heterocycles. The number of amides is 3. The highest BCUT2D eigenvalue weighted by molar-refractivity contribution is 8.00. The Morgan fingerprint density at radius 3 is 2.33 bits per heavy atom. The standard InChI is InChI=1S/C14H18N2O4S/c1-9(12(17)16-14(19)15-3)20-13(18)10(2)21-11-7-5-4-6-8-11/h4-10H,1-3H3,(H2,15,16,17,19)/t9-,10-/m0/s1. The van der Waals surface area contributed by atoms with Crippen molar-refractivity contribution in [1.82, 2.24) is 10.6 Å². The van der Waals surface area contributed by atoms with Crippen LogP contribution in [-0.2, 0) is 14.3 Å². The molecule has 0 bridgehead atoms. The molecule has 0 saturated carbocycles. The average Bonchev–Trinajstić information content (AvgIpc) is 2.47. The molecule has 1 aromatic rings. The highest BCUT2D eigenvalue weighted by Crippen LogP contribution is 2.23. The molecule has 0 fully saturated rings. The summed E-state index contributed by atoms with van der Waals surface area (Å²) in [4.78, 5) is 35.4. The number of urea groups is 1. The van der Waals surface area contributed by atoms with Crippen molar-refractivity contribution < 1.29 is 19.1 Å². The summed E-state index contributed by atoms with van der Waals surface area (Å²) in [5, 5.41) is 3.84. The van der Waals surface area contributed by atoms with Crippen molar-refractivity contribution in [2.75, 3.05) is 7.05 Å². The van der Waals surface area contributed by atoms with Crippen molar-refractivity contribution in [2.45, 2.75) is 30.1 Å². The molecule has 3 amide bonds. The van der Waals surface area contributed by atoms with Crippen LogP contribution in [0.15, 0.2) is 35.2 Å². The fourth-order valence-corrected chi connectivity index (χ4v) is 2.23. The SMILES string of the molecule is CNC(=O)NC(=O)[C@H](C)OC(=O)[C@H](C)Sc1ccccc1. The normalized spacial score (nSPS) is 12.9. The van der Waals surface area contributed by atoms with Crippen LogP contribution in [0.2, 0.25) is 0 Å². The van der Waals surface area contributed by atoms with Gasteiger partial charge in [0, 0.05) is 11.9 Å². The second kappa shape index (κ2) is 8.31. The van der Waals surface area contributed by atoms with Gasteiger partial charge in [0.1, 0.15) is 5.25 Å². The van der Waals surface area contributed by atoms with Crippen LogP contribution >= 0.6 is 11.8 Å². The molecule has 7 heteroatoms. The number of nitrogens with one attached hydrogen (secondary N) is 2. The first-order valence-electron chi connectivity index (χ1n) is 6.38. The third-order valence-electron chi connectivity index (χ3n) is 2.51. The molecule has 2 N–H and O–H groups in total. The van der Waals surface area contributed by atoms with Crippen LogP contribution < -0.4 is 10.6 Å². The molecule has 0 saturated heterocycles. The van der Waals surface area contributed by atoms with Crippen molar-refractivity contribution in [1.29, 1.82) is 0 Å². The van der Waals surface area contributed by atoms with Crippen molar-refractivity contribution in [3.05, 3.63) is 30.3 Å². The first kappa shape index (κ1) is 17.0. The summed E-state index contributed by atoms with van der Waals surface area (Å²) in [7, 11) is 1.39. The molecule has 0 unspecified atom stereocenters. The number of hydrogen-bond acceptors (Lipinski definition) is 5. The summed E-state index contributed by atoms with van der Waals surface area (Å²) in [6, 6.07) is 8.76. The Morgan fingerprint density at radius 2 is 1.76 bits per heavy atom. The van der Waals surface area contributed by atoms with E-state index in [1.165, 1.54) is 25.7 Å². The predicted octanol–water partition coefficient (Wildman–Crippen LogP) is 1.55. The highest BCUT2D eigenvalue weighted by atomic mass is 32.2. The number of ether oxygens (including phenoxy) is 1. The van der Waals surface area contributed by atoms with Crippen molar-refractivity contribution >= 4 is 29.7 Å². The molecule has 0 aromatic heterocycles. The van der Waals surface area contributed by atoms with Gasteiger partial charge in [0.05, 0.1) is 0 Å². The number of benzene rings is 1. The zero-order valence-corrected chi connectivity index (χ0v) is 12.9. The maximum absolute atomic E-state index is 11.9. The summed E-state index contributed by atoms with van der Waals surface area (Å²) in [6.07, 6.45) is -1.03. The van der Waals surface area contributed by atoms with Gasteiger partial charge in [-0.15, -0.1) is 11.8 Å². The molecule has 6 nitrogen and oxygen atoms in total. The Kier molecular flexibility index (Phi) is 6.74. The van der Waals surface area contributed by atoms with Gasteiger partial charge in [0.15, 0.2) is 6.10 Å². The number of carbonyl (C=O) groups excluding carboxylic acids is 3. The predicted molar refractivity (Wildman–Crippen MR) is 79.9 cm³/mol. The number of imide groups is 1. The molecule has 0 spiro atoms. The minimum Gasteiger partial charge on any atom is -0.452 e. The van der Waals surface area contributed by atoms with Gasteiger partial charge in [0.25, 0.3) is 5.91 Å². The molecule has 0 aliphatic heterocycles. The number of esters is 1. The van der Waals surface area contributed by atoms with Gasteiger partial charge in [-0.2, -0.15) is 0 Å². The first-order chi connectivity index (χ1) is 9.93. The van der Waals surface area contributed by atoms with Crippen LogP contribution in [0.1, 0.15) is 13.8 Å². The number of hydrogen-bond donors (Lipinski definition) is 2. The van der Waals surface area contributed by atoms with E-state index >= 15 is 0 Å². The van der Waals surface area contributed by atoms with Crippen LogP contribution in [0, 0.1) is 0 Å². The smallest absolute Gasteiger partial charge is 0.321 e. The molecule has 2 atom stereocenters. The molecular weight excluding hydrogens is 292 g/mol. The van der Waals surface area contributed by atoms with Gasteiger partial charge in [-0.3, -0.25) is 14.9 Å². The van der Waals surface area contributed by atoms with Gasteiger partial charge in [-0.05, 0) is 26.0 Å². The lowest BCUT2D eigenvalue weighted by Gasteiger charge is -2.16. The zero-order chi connectivity index (χ0) is 15.8. The third-order valence-corrected chi connectivity index (χ3v) is 3.60. The molecule has 0 aliphatic carbocycles. The summed E-state index contributed by atoms with van der Waals surface area (Å²) >= 11 is 1.34. The quantitative estimate of drug-likeness (QED) is 0.637. The maximum Gasteiger partial charge on any atom is 0.321 e. The summed E-state index contributed by atoms with van der Waals surface area (Å²) in [5.74, 6) is -1.18. The first-order valence-corrected chi connectivity index (χ1v) is 7.26. The summed E-state index contributed by atoms with van der Waals surface area (Å²) < 4.78 is 5.04. The molecule has 1 aromatic carbocycles. The Morgan fingerprint density at radius 1 is 1.14 bits per heavy atom. The lowest BCUT2D eigenvalue weighted by Crippen LogP contribution is -2.44. The van der Waals surface area contributed by atoms with Gasteiger partial charge < -0.3 is 10.1 Å². The number of rotatable bonds is 5. The van der Waals surface area contributed by atoms with Crippen LogP contribution in [0.4, 0.5) is 4.79 Å². The molecule has 0 aliphatic rings. The van der Waals surface area contributed by atoms with E-state index in [-0.39, 0.29) is 0 Å². The van der Waals surface area contributed by atoms with Crippen LogP contribution in [0.25, 0.3) is 0 Å². The van der Waals surface area contributed by atoms with Crippen molar-refractivity contribution in [3.8, 4) is 0 Å². The van der Waals surface area contributed by atoms with Gasteiger partial charge in [-0.25, -0.2) is 4.79 Å². The second-order valence-corrected chi connectivity index (χ2v) is 5.63. The monoisotopic (exact) mass is 310 g/mol. The van der Waals surface area contributed by atoms with Gasteiger partial charge >= 0.3 is 12.0 Å². The van der Waals surface area contributed by atoms with Crippen LogP contribution in [0.3, 0.4) is 0 Å². The molecule has 21 heavy (non-hydrogen) atoms. The van der Waals surface area contributed by atoms with Gasteiger partial charge in [0.2, 0.25) is 0 Å². The van der Waals surface area contributed by atoms with E-state index in [1.54, 1.807) is 6.92 Å². The lowest BCUT2D eigenvalue weighted by atomic mass is 10.3. The van der Waals surface area contributed by atoms with E-state index in [4.69, 9.17) is 4.74 Å². The molecule has 114 valence electrons. The van der Waals surface area contributed by atoms with E-state index in [0.29, 0.717) is 0 Å². The van der Waals surface area contributed by atoms with Crippen molar-refractivity contribution in [3.63, 3.8) is 0 Å². The minimum absolute atomic E-state index is 0.456. The second-order valence-electron chi connectivity index (χ2n) is 4.22. The van der Waals surface area contributed by atoms with Crippen molar-refractivity contribution in [2.24, 2.45) is 0 Å². The van der Waals surface area contributed by atoms with E-state index in [1.807, 2.05) is 30.3 Å². The Labute approximate surface area is 127 Å². The fourth-order valence-electron chi connectivity index (χ4n) is 1.35. The molecule has 1 rings (SSSR count). The third kappa shape index (κ3) is 5.86. The van der Waals surface area contributed by atoms with Crippen LogP contribution in [-0.4, -0.2) is 36.3 Å². The van der Waals surface area contributed by atoms with E-state index in [2.05, 4.69) is 10.6 Å². The van der Waals surface area contributed by atoms with Crippen LogP contribution in [0.5, 0.6) is 0 Å². The Hall–Kier alpha value is -2.02. The fraction of sp³-hybridized carbons (Fsp3) is 0.357. The van der Waals surface area contributed by atoms with E-state index < -0.39 is 29.3 Å². The van der Waals surface area contributed by atoms with E-state index in [0.717, 1.165) is 4.90 Å². The highest BCUT2D eigenvalue weighted by Gasteiger charge is 2.23. The largest absolute Gasteiger partial charge is 0.452 e. The molecular formula is C14H18N2O4S. The minimum atomic E-state index is -1.03. The summed E-state index contributed by atoms with van der Waals surface area (Å²) in [6.45, 7) is 3.11. The topological polar surface area (TPSA) is 84.5 Å². The maximum atomic E-state index is 11.9. The molecule has 0 radical (unpaired) electrons. The Bertz CT molecular complexity index is 507. The number of thioether (sulfide) groups is 1. The number of carbonyl (C=O) groups is 3. The van der Waals surface area contributed by atoms with E-state index in [9.17, 15) is 14.4 Å². The lowest BCUT2D eigenvalue weighted by molar-refractivity contribution is -0.153. The van der Waals surface area contributed by atoms with Gasteiger partial charge in [-0.1, -0.05) is 18.2 Å². The zero-order valence-electron chi connectivity index (χ0n) is 12.1.